The summed E-state index contributed by atoms with van der Waals surface area (Å²) in [5, 5.41) is 7.14. The number of aromatic nitrogens is 2. The predicted molar refractivity (Wildman–Crippen MR) is 124 cm³/mol. The minimum absolute atomic E-state index is 0.0981. The first-order chi connectivity index (χ1) is 15.1. The summed E-state index contributed by atoms with van der Waals surface area (Å²) in [7, 11) is -3.53. The molecule has 1 N–H and O–H groups in total. The van der Waals surface area contributed by atoms with Crippen LogP contribution in [0.3, 0.4) is 0 Å². The molecule has 1 heterocycles. The zero-order valence-corrected chi connectivity index (χ0v) is 19.7. The van der Waals surface area contributed by atoms with Crippen molar-refractivity contribution >= 4 is 33.2 Å². The molecule has 0 bridgehead atoms. The maximum absolute atomic E-state index is 12.3. The SMILES string of the molecule is Cc1ccc(-c2noc(CNC(=O)CCCN(c3cccc(Cl)c3C)S(C)(=O)=O)n2)cc1. The van der Waals surface area contributed by atoms with Crippen molar-refractivity contribution < 1.29 is 17.7 Å². The van der Waals surface area contributed by atoms with Crippen LogP contribution in [0.1, 0.15) is 29.9 Å². The zero-order valence-electron chi connectivity index (χ0n) is 18.1. The summed E-state index contributed by atoms with van der Waals surface area (Å²) in [6.07, 6.45) is 1.61. The second-order valence-corrected chi connectivity index (χ2v) is 9.79. The van der Waals surface area contributed by atoms with Crippen LogP contribution in [0.5, 0.6) is 0 Å². The molecular weight excluding hydrogens is 452 g/mol. The minimum atomic E-state index is -3.53. The number of carbonyl (C=O) groups excluding carboxylic acids is 1. The predicted octanol–water partition coefficient (Wildman–Crippen LogP) is 3.87. The third kappa shape index (κ3) is 6.08. The van der Waals surface area contributed by atoms with E-state index in [1.165, 1.54) is 4.31 Å². The fourth-order valence-corrected chi connectivity index (χ4v) is 4.31. The molecule has 0 radical (unpaired) electrons. The summed E-state index contributed by atoms with van der Waals surface area (Å²) in [4.78, 5) is 16.5. The fourth-order valence-electron chi connectivity index (χ4n) is 3.12. The van der Waals surface area contributed by atoms with Gasteiger partial charge in [-0.1, -0.05) is 52.7 Å². The zero-order chi connectivity index (χ0) is 23.3. The molecule has 0 aliphatic rings. The molecule has 0 aliphatic heterocycles. The lowest BCUT2D eigenvalue weighted by molar-refractivity contribution is -0.121. The Kier molecular flexibility index (Phi) is 7.52. The van der Waals surface area contributed by atoms with Gasteiger partial charge in [-0.2, -0.15) is 4.98 Å². The second kappa shape index (κ2) is 10.1. The van der Waals surface area contributed by atoms with Crippen LogP contribution >= 0.6 is 11.6 Å². The topological polar surface area (TPSA) is 105 Å². The number of aryl methyl sites for hydroxylation is 1. The van der Waals surface area contributed by atoms with Crippen molar-refractivity contribution in [2.75, 3.05) is 17.1 Å². The summed E-state index contributed by atoms with van der Waals surface area (Å²) in [5.41, 5.74) is 3.14. The Bertz CT molecular complexity index is 1190. The van der Waals surface area contributed by atoms with E-state index < -0.39 is 10.0 Å². The molecule has 2 aromatic carbocycles. The van der Waals surface area contributed by atoms with Crippen LogP contribution in [-0.4, -0.2) is 37.3 Å². The average molecular weight is 477 g/mol. The molecule has 170 valence electrons. The number of anilines is 1. The number of benzene rings is 2. The van der Waals surface area contributed by atoms with Gasteiger partial charge in [0.2, 0.25) is 27.6 Å². The highest BCUT2D eigenvalue weighted by Gasteiger charge is 2.20. The van der Waals surface area contributed by atoms with Crippen LogP contribution in [0.15, 0.2) is 47.0 Å². The van der Waals surface area contributed by atoms with Crippen LogP contribution in [0, 0.1) is 13.8 Å². The highest BCUT2D eigenvalue weighted by atomic mass is 35.5. The maximum atomic E-state index is 12.3. The van der Waals surface area contributed by atoms with Gasteiger partial charge in [-0.3, -0.25) is 9.10 Å². The Morgan fingerprint density at radius 3 is 2.56 bits per heavy atom. The van der Waals surface area contributed by atoms with E-state index in [0.29, 0.717) is 34.4 Å². The van der Waals surface area contributed by atoms with Crippen LogP contribution in [0.25, 0.3) is 11.4 Å². The van der Waals surface area contributed by atoms with Crippen LogP contribution in [0.4, 0.5) is 5.69 Å². The highest BCUT2D eigenvalue weighted by Crippen LogP contribution is 2.28. The van der Waals surface area contributed by atoms with Gasteiger partial charge in [-0.25, -0.2) is 8.42 Å². The Morgan fingerprint density at radius 2 is 1.88 bits per heavy atom. The number of nitrogens with zero attached hydrogens (tertiary/aromatic N) is 3. The monoisotopic (exact) mass is 476 g/mol. The molecule has 3 aromatic rings. The van der Waals surface area contributed by atoms with Gasteiger partial charge in [0.1, 0.15) is 0 Å². The number of amides is 1. The lowest BCUT2D eigenvalue weighted by atomic mass is 10.1. The van der Waals surface area contributed by atoms with Crippen molar-refractivity contribution in [1.29, 1.82) is 0 Å². The molecule has 1 amide bonds. The van der Waals surface area contributed by atoms with Gasteiger partial charge >= 0.3 is 0 Å². The number of halogens is 1. The maximum Gasteiger partial charge on any atom is 0.246 e. The minimum Gasteiger partial charge on any atom is -0.347 e. The molecule has 3 rings (SSSR count). The van der Waals surface area contributed by atoms with E-state index >= 15 is 0 Å². The number of hydrogen-bond donors (Lipinski definition) is 1. The average Bonchev–Trinajstić information content (AvgIpc) is 3.21. The van der Waals surface area contributed by atoms with Crippen molar-refractivity contribution in [2.45, 2.75) is 33.2 Å². The summed E-state index contributed by atoms with van der Waals surface area (Å²) in [6.45, 7) is 4.01. The van der Waals surface area contributed by atoms with Crippen molar-refractivity contribution in [2.24, 2.45) is 0 Å². The van der Waals surface area contributed by atoms with E-state index in [9.17, 15) is 13.2 Å². The number of hydrogen-bond acceptors (Lipinski definition) is 6. The second-order valence-electron chi connectivity index (χ2n) is 7.48. The molecule has 0 unspecified atom stereocenters. The molecule has 10 heteroatoms. The molecule has 0 aliphatic carbocycles. The first kappa shape index (κ1) is 23.7. The normalized spacial score (nSPS) is 11.4. The van der Waals surface area contributed by atoms with E-state index in [4.69, 9.17) is 16.1 Å². The largest absolute Gasteiger partial charge is 0.347 e. The molecule has 1 aromatic heterocycles. The molecule has 0 atom stereocenters. The molecule has 0 saturated heterocycles. The van der Waals surface area contributed by atoms with Crippen molar-refractivity contribution in [3.63, 3.8) is 0 Å². The molecule has 0 fully saturated rings. The Hall–Kier alpha value is -2.91. The summed E-state index contributed by atoms with van der Waals surface area (Å²) in [5.74, 6) is 0.507. The first-order valence-corrected chi connectivity index (χ1v) is 12.3. The van der Waals surface area contributed by atoms with Gasteiger partial charge in [-0.05, 0) is 38.0 Å². The Labute approximate surface area is 192 Å². The fraction of sp³-hybridized carbons (Fsp3) is 0.318. The van der Waals surface area contributed by atoms with E-state index in [2.05, 4.69) is 15.5 Å². The van der Waals surface area contributed by atoms with Crippen LogP contribution in [-0.2, 0) is 21.4 Å². The van der Waals surface area contributed by atoms with Crippen molar-refractivity contribution in [1.82, 2.24) is 15.5 Å². The number of nitrogens with one attached hydrogen (secondary N) is 1. The van der Waals surface area contributed by atoms with Crippen molar-refractivity contribution in [3.05, 3.63) is 64.5 Å². The standard InChI is InChI=1S/C22H25ClN4O4S/c1-15-9-11-17(12-10-15)22-25-21(31-26-22)14-24-20(28)8-5-13-27(32(3,29)30)19-7-4-6-18(23)16(19)2/h4,6-7,9-12H,5,8,13-14H2,1-3H3,(H,24,28). The van der Waals surface area contributed by atoms with Gasteiger partial charge in [0.15, 0.2) is 0 Å². The lowest BCUT2D eigenvalue weighted by Gasteiger charge is -2.24. The van der Waals surface area contributed by atoms with E-state index in [0.717, 1.165) is 17.4 Å². The summed E-state index contributed by atoms with van der Waals surface area (Å²) >= 11 is 6.13. The molecule has 0 spiro atoms. The summed E-state index contributed by atoms with van der Waals surface area (Å²) in [6, 6.07) is 12.8. The first-order valence-electron chi connectivity index (χ1n) is 10.0. The van der Waals surface area contributed by atoms with E-state index in [1.807, 2.05) is 31.2 Å². The third-order valence-electron chi connectivity index (χ3n) is 4.89. The number of sulfonamides is 1. The molecule has 0 saturated carbocycles. The molecule has 32 heavy (non-hydrogen) atoms. The van der Waals surface area contributed by atoms with Gasteiger partial charge in [0.25, 0.3) is 0 Å². The van der Waals surface area contributed by atoms with Crippen LogP contribution in [0.2, 0.25) is 5.02 Å². The van der Waals surface area contributed by atoms with Crippen molar-refractivity contribution in [3.8, 4) is 11.4 Å². The molecule has 8 nitrogen and oxygen atoms in total. The van der Waals surface area contributed by atoms with E-state index in [1.54, 1.807) is 25.1 Å². The van der Waals surface area contributed by atoms with Crippen LogP contribution < -0.4 is 9.62 Å². The quantitative estimate of drug-likeness (QED) is 0.502. The van der Waals surface area contributed by atoms with E-state index in [-0.39, 0.29) is 25.4 Å². The number of rotatable bonds is 9. The van der Waals surface area contributed by atoms with Gasteiger partial charge in [-0.15, -0.1) is 0 Å². The smallest absolute Gasteiger partial charge is 0.246 e. The third-order valence-corrected chi connectivity index (χ3v) is 6.48. The van der Waals surface area contributed by atoms with Gasteiger partial charge in [0.05, 0.1) is 18.5 Å². The highest BCUT2D eigenvalue weighted by molar-refractivity contribution is 7.92. The lowest BCUT2D eigenvalue weighted by Crippen LogP contribution is -2.32. The summed E-state index contributed by atoms with van der Waals surface area (Å²) < 4.78 is 31.0. The van der Waals surface area contributed by atoms with Gasteiger partial charge < -0.3 is 9.84 Å². The molecular formula is C22H25ClN4O4S. The Balaban J connectivity index is 1.53. The van der Waals surface area contributed by atoms with Gasteiger partial charge in [0, 0.05) is 23.6 Å². The Morgan fingerprint density at radius 1 is 1.16 bits per heavy atom. The number of carbonyl (C=O) groups is 1.